The topological polar surface area (TPSA) is 117 Å². The maximum Gasteiger partial charge on any atom is 0.409 e. The number of para-hydroxylation sites is 1. The number of nitrogens with zero attached hydrogens (tertiary/aromatic N) is 1. The zero-order valence-electron chi connectivity index (χ0n) is 18.7. The first-order chi connectivity index (χ1) is 16.4. The molecule has 34 heavy (non-hydrogen) atoms. The molecule has 1 fully saturated rings. The molecule has 1 aromatic heterocycles. The zero-order valence-corrected chi connectivity index (χ0v) is 20.2. The van der Waals surface area contributed by atoms with Crippen LogP contribution in [-0.2, 0) is 4.74 Å². The molecule has 1 spiro atoms. The van der Waals surface area contributed by atoms with Crippen LogP contribution in [0.4, 0.5) is 4.79 Å². The Morgan fingerprint density at radius 2 is 2.03 bits per heavy atom. The van der Waals surface area contributed by atoms with Gasteiger partial charge in [0.25, 0.3) is 5.91 Å². The van der Waals surface area contributed by atoms with E-state index in [0.29, 0.717) is 55.6 Å². The lowest BCUT2D eigenvalue weighted by Gasteiger charge is -2.46. The number of H-pyrrole nitrogens is 2. The number of likely N-dealkylation sites (tertiary alicyclic amines) is 1. The Labute approximate surface area is 203 Å². The second kappa shape index (κ2) is 8.83. The van der Waals surface area contributed by atoms with Crippen LogP contribution in [0.5, 0.6) is 5.75 Å². The molecular formula is C24H25BrN4O5. The first-order valence-corrected chi connectivity index (χ1v) is 12.1. The molecular weight excluding hydrogens is 504 g/mol. The van der Waals surface area contributed by atoms with Gasteiger partial charge in [-0.05, 0) is 37.3 Å². The Morgan fingerprint density at radius 3 is 2.79 bits per heavy atom. The molecule has 3 N–H and O–H groups in total. The van der Waals surface area contributed by atoms with E-state index in [4.69, 9.17) is 9.47 Å². The number of ether oxygens (including phenoxy) is 2. The summed E-state index contributed by atoms with van der Waals surface area (Å²) in [5.41, 5.74) is 1.47. The van der Waals surface area contributed by atoms with Crippen molar-refractivity contribution in [1.29, 1.82) is 0 Å². The highest BCUT2D eigenvalue weighted by atomic mass is 79.9. The number of amides is 2. The molecule has 0 saturated carbocycles. The first kappa shape index (κ1) is 22.5. The predicted octanol–water partition coefficient (Wildman–Crippen LogP) is 3.86. The summed E-state index contributed by atoms with van der Waals surface area (Å²) in [5.74, 6) is 0.440. The molecule has 10 heteroatoms. The number of halogens is 1. The fourth-order valence-corrected chi connectivity index (χ4v) is 5.25. The largest absolute Gasteiger partial charge is 0.487 e. The second-order valence-corrected chi connectivity index (χ2v) is 9.61. The van der Waals surface area contributed by atoms with E-state index in [1.807, 2.05) is 18.2 Å². The van der Waals surface area contributed by atoms with Gasteiger partial charge < -0.3 is 29.7 Å². The van der Waals surface area contributed by atoms with Gasteiger partial charge in [0, 0.05) is 42.4 Å². The molecule has 2 amide bonds. The number of piperidine rings is 1. The summed E-state index contributed by atoms with van der Waals surface area (Å²) in [4.78, 5) is 44.4. The number of carbonyl (C=O) groups excluding carboxylic acids is 2. The zero-order chi connectivity index (χ0) is 23.9. The number of imidazole rings is 1. The monoisotopic (exact) mass is 528 g/mol. The fraction of sp³-hybridized carbons (Fsp3) is 0.375. The molecule has 1 saturated heterocycles. The van der Waals surface area contributed by atoms with Crippen LogP contribution < -0.4 is 15.7 Å². The highest BCUT2D eigenvalue weighted by molar-refractivity contribution is 9.10. The summed E-state index contributed by atoms with van der Waals surface area (Å²) in [7, 11) is 0. The number of hydrogen-bond acceptors (Lipinski definition) is 5. The molecule has 0 aliphatic carbocycles. The van der Waals surface area contributed by atoms with Crippen molar-refractivity contribution < 1.29 is 19.1 Å². The number of aromatic nitrogens is 2. The Kier molecular flexibility index (Phi) is 5.85. The van der Waals surface area contributed by atoms with Gasteiger partial charge in [0.05, 0.1) is 29.2 Å². The van der Waals surface area contributed by atoms with Crippen molar-refractivity contribution in [1.82, 2.24) is 20.2 Å². The average molecular weight is 529 g/mol. The highest BCUT2D eigenvalue weighted by Crippen LogP contribution is 2.45. The van der Waals surface area contributed by atoms with Gasteiger partial charge in [-0.2, -0.15) is 0 Å². The van der Waals surface area contributed by atoms with Crippen molar-refractivity contribution in [3.05, 3.63) is 62.5 Å². The van der Waals surface area contributed by atoms with E-state index in [2.05, 4.69) is 31.2 Å². The standard InChI is InChI=1S/C24H25BrN4O5/c1-2-33-23(32)29-10-8-24(9-11-29)13-18(16-12-14(25)6-7-19(16)34-24)26-21(30)15-4-3-5-17-20(15)28-22(31)27-17/h3-7,12,18H,2,8-11,13H2,1H3,(H,26,30)(H2,27,28,31)/t18-/m0/s1. The Bertz CT molecular complexity index is 1310. The number of nitrogens with one attached hydrogen (secondary N) is 3. The summed E-state index contributed by atoms with van der Waals surface area (Å²) >= 11 is 3.52. The Balaban J connectivity index is 1.42. The molecule has 178 valence electrons. The number of rotatable bonds is 3. The van der Waals surface area contributed by atoms with Gasteiger partial charge in [0.2, 0.25) is 0 Å². The van der Waals surface area contributed by atoms with Crippen LogP contribution in [0, 0.1) is 0 Å². The minimum Gasteiger partial charge on any atom is -0.487 e. The lowest BCUT2D eigenvalue weighted by atomic mass is 9.80. The van der Waals surface area contributed by atoms with E-state index in [0.717, 1.165) is 15.8 Å². The number of benzene rings is 2. The molecule has 2 aliphatic rings. The number of carbonyl (C=O) groups is 2. The number of fused-ring (bicyclic) bond motifs is 2. The third kappa shape index (κ3) is 4.18. The quantitative estimate of drug-likeness (QED) is 0.477. The van der Waals surface area contributed by atoms with Gasteiger partial charge >= 0.3 is 11.8 Å². The first-order valence-electron chi connectivity index (χ1n) is 11.3. The van der Waals surface area contributed by atoms with E-state index in [9.17, 15) is 14.4 Å². The summed E-state index contributed by atoms with van der Waals surface area (Å²) < 4.78 is 12.5. The minimum absolute atomic E-state index is 0.280. The lowest BCUT2D eigenvalue weighted by Crippen LogP contribution is -2.53. The molecule has 5 rings (SSSR count). The van der Waals surface area contributed by atoms with Crippen LogP contribution in [0.25, 0.3) is 11.0 Å². The van der Waals surface area contributed by atoms with Crippen molar-refractivity contribution in [3.8, 4) is 5.75 Å². The van der Waals surface area contributed by atoms with Crippen LogP contribution in [0.2, 0.25) is 0 Å². The number of hydrogen-bond donors (Lipinski definition) is 3. The predicted molar refractivity (Wildman–Crippen MR) is 129 cm³/mol. The van der Waals surface area contributed by atoms with Crippen molar-refractivity contribution in [2.24, 2.45) is 0 Å². The molecule has 3 heterocycles. The molecule has 0 unspecified atom stereocenters. The Morgan fingerprint density at radius 1 is 1.24 bits per heavy atom. The van der Waals surface area contributed by atoms with Crippen LogP contribution in [0.1, 0.15) is 48.1 Å². The average Bonchev–Trinajstić information content (AvgIpc) is 3.20. The third-order valence-corrected chi connectivity index (χ3v) is 7.04. The highest BCUT2D eigenvalue weighted by Gasteiger charge is 2.44. The minimum atomic E-state index is -0.504. The van der Waals surface area contributed by atoms with E-state index in [1.54, 1.807) is 30.0 Å². The maximum atomic E-state index is 13.3. The molecule has 0 radical (unpaired) electrons. The fourth-order valence-electron chi connectivity index (χ4n) is 4.87. The van der Waals surface area contributed by atoms with Crippen molar-refractivity contribution in [2.45, 2.75) is 37.8 Å². The Hall–Kier alpha value is -3.27. The SMILES string of the molecule is CCOC(=O)N1CCC2(CC1)C[C@H](NC(=O)c1cccc3[nH]c(=O)[nH]c13)c1cc(Br)ccc1O2. The van der Waals surface area contributed by atoms with Crippen LogP contribution in [-0.4, -0.2) is 52.2 Å². The third-order valence-electron chi connectivity index (χ3n) is 6.55. The summed E-state index contributed by atoms with van der Waals surface area (Å²) in [5, 5.41) is 3.16. The lowest BCUT2D eigenvalue weighted by molar-refractivity contribution is -0.0233. The van der Waals surface area contributed by atoms with Gasteiger partial charge in [0.15, 0.2) is 0 Å². The summed E-state index contributed by atoms with van der Waals surface area (Å²) in [6, 6.07) is 10.6. The van der Waals surface area contributed by atoms with E-state index in [1.165, 1.54) is 0 Å². The maximum absolute atomic E-state index is 13.3. The molecule has 3 aromatic rings. The summed E-state index contributed by atoms with van der Waals surface area (Å²) in [6.45, 7) is 3.18. The van der Waals surface area contributed by atoms with Crippen molar-refractivity contribution in [3.63, 3.8) is 0 Å². The van der Waals surface area contributed by atoms with E-state index >= 15 is 0 Å². The summed E-state index contributed by atoms with van der Waals surface area (Å²) in [6.07, 6.45) is 1.53. The van der Waals surface area contributed by atoms with Gasteiger partial charge in [-0.3, -0.25) is 4.79 Å². The molecule has 2 aliphatic heterocycles. The molecule has 2 aromatic carbocycles. The van der Waals surface area contributed by atoms with Crippen molar-refractivity contribution >= 4 is 39.0 Å². The normalized spacial score (nSPS) is 18.9. The van der Waals surface area contributed by atoms with Gasteiger partial charge in [0.1, 0.15) is 11.4 Å². The van der Waals surface area contributed by atoms with E-state index in [-0.39, 0.29) is 23.7 Å². The van der Waals surface area contributed by atoms with Gasteiger partial charge in [-0.1, -0.05) is 22.0 Å². The van der Waals surface area contributed by atoms with Crippen molar-refractivity contribution in [2.75, 3.05) is 19.7 Å². The van der Waals surface area contributed by atoms with Crippen LogP contribution >= 0.6 is 15.9 Å². The number of aromatic amines is 2. The van der Waals surface area contributed by atoms with Gasteiger partial charge in [-0.15, -0.1) is 0 Å². The van der Waals surface area contributed by atoms with E-state index < -0.39 is 5.60 Å². The van der Waals surface area contributed by atoms with Gasteiger partial charge in [-0.25, -0.2) is 9.59 Å². The smallest absolute Gasteiger partial charge is 0.409 e. The molecule has 0 bridgehead atoms. The van der Waals surface area contributed by atoms with Crippen LogP contribution in [0.3, 0.4) is 0 Å². The second-order valence-electron chi connectivity index (χ2n) is 8.69. The van der Waals surface area contributed by atoms with Crippen LogP contribution in [0.15, 0.2) is 45.7 Å². The molecule has 9 nitrogen and oxygen atoms in total. The molecule has 1 atom stereocenters.